The van der Waals surface area contributed by atoms with Crippen LogP contribution in [0.5, 0.6) is 0 Å². The highest BCUT2D eigenvalue weighted by Crippen LogP contribution is 2.11. The van der Waals surface area contributed by atoms with Crippen molar-refractivity contribution in [3.8, 4) is 0 Å². The Hall–Kier alpha value is -1.80. The van der Waals surface area contributed by atoms with Gasteiger partial charge in [0.15, 0.2) is 0 Å². The highest BCUT2D eigenvalue weighted by atomic mass is 32.1. The van der Waals surface area contributed by atoms with Crippen LogP contribution in [0, 0.1) is 0 Å². The van der Waals surface area contributed by atoms with Gasteiger partial charge in [-0.1, -0.05) is 18.3 Å². The van der Waals surface area contributed by atoms with E-state index in [0.717, 1.165) is 11.4 Å². The van der Waals surface area contributed by atoms with Crippen molar-refractivity contribution in [2.24, 2.45) is 0 Å². The van der Waals surface area contributed by atoms with Gasteiger partial charge in [-0.2, -0.15) is 9.61 Å². The summed E-state index contributed by atoms with van der Waals surface area (Å²) in [6.45, 7) is 1.53. The van der Waals surface area contributed by atoms with Crippen LogP contribution in [0.2, 0.25) is 0 Å². The minimum Gasteiger partial charge on any atom is -0.480 e. The maximum atomic E-state index is 11.7. The third-order valence-corrected chi connectivity index (χ3v) is 3.17. The molecule has 0 unspecified atom stereocenters. The van der Waals surface area contributed by atoms with Crippen LogP contribution in [0.1, 0.15) is 17.6 Å². The molecule has 0 aliphatic rings. The Morgan fingerprint density at radius 3 is 3.06 bits per heavy atom. The average Bonchev–Trinajstić information content (AvgIpc) is 2.72. The molecule has 2 aromatic heterocycles. The Balaban J connectivity index is 2.25. The maximum Gasteiger partial charge on any atom is 0.329 e. The molecule has 96 valence electrons. The molecule has 0 amide bonds. The molecule has 0 fully saturated rings. The van der Waals surface area contributed by atoms with Crippen LogP contribution in [-0.2, 0) is 22.6 Å². The number of aromatic nitrogens is 3. The number of carboxylic acids is 1. The van der Waals surface area contributed by atoms with Gasteiger partial charge in [0.25, 0.3) is 5.56 Å². The van der Waals surface area contributed by atoms with Gasteiger partial charge in [0.2, 0.25) is 4.96 Å². The van der Waals surface area contributed by atoms with Crippen LogP contribution < -0.4 is 5.56 Å². The summed E-state index contributed by atoms with van der Waals surface area (Å²) in [5.74, 6) is -1.06. The number of carbonyl (C=O) groups is 1. The first kappa shape index (κ1) is 12.7. The van der Waals surface area contributed by atoms with Crippen molar-refractivity contribution in [1.82, 2.24) is 14.6 Å². The summed E-state index contributed by atoms with van der Waals surface area (Å²) in [5.41, 5.74) is 0.123. The van der Waals surface area contributed by atoms with Gasteiger partial charge < -0.3 is 9.84 Å². The van der Waals surface area contributed by atoms with Crippen LogP contribution in [0.15, 0.2) is 10.9 Å². The highest BCUT2D eigenvalue weighted by Gasteiger charge is 2.08. The molecule has 7 nitrogen and oxygen atoms in total. The molecular weight excluding hydrogens is 258 g/mol. The van der Waals surface area contributed by atoms with Gasteiger partial charge in [0, 0.05) is 6.07 Å². The van der Waals surface area contributed by atoms with E-state index in [0.29, 0.717) is 10.7 Å². The minimum atomic E-state index is -1.06. The average molecular weight is 269 g/mol. The fraction of sp³-hybridized carbons (Fsp3) is 0.400. The zero-order chi connectivity index (χ0) is 13.1. The van der Waals surface area contributed by atoms with E-state index < -0.39 is 12.6 Å². The molecule has 2 rings (SSSR count). The van der Waals surface area contributed by atoms with Gasteiger partial charge in [-0.25, -0.2) is 9.78 Å². The van der Waals surface area contributed by atoms with E-state index in [4.69, 9.17) is 9.84 Å². The monoisotopic (exact) mass is 269 g/mol. The third kappa shape index (κ3) is 2.71. The highest BCUT2D eigenvalue weighted by molar-refractivity contribution is 7.16. The summed E-state index contributed by atoms with van der Waals surface area (Å²) in [6.07, 6.45) is 0.734. The molecule has 8 heteroatoms. The van der Waals surface area contributed by atoms with E-state index in [1.165, 1.54) is 21.9 Å². The second-order valence-corrected chi connectivity index (χ2v) is 4.56. The largest absolute Gasteiger partial charge is 0.480 e. The number of carboxylic acid groups (broad SMARTS) is 1. The fourth-order valence-corrected chi connectivity index (χ4v) is 2.21. The summed E-state index contributed by atoms with van der Waals surface area (Å²) in [4.78, 5) is 26.7. The first-order valence-corrected chi connectivity index (χ1v) is 6.10. The molecular formula is C10H11N3O4S. The smallest absolute Gasteiger partial charge is 0.329 e. The minimum absolute atomic E-state index is 0.00258. The molecule has 0 spiro atoms. The van der Waals surface area contributed by atoms with E-state index in [2.05, 4.69) is 10.1 Å². The summed E-state index contributed by atoms with van der Waals surface area (Å²) in [5, 5.41) is 13.4. The van der Waals surface area contributed by atoms with Crippen molar-refractivity contribution in [3.05, 3.63) is 27.1 Å². The Morgan fingerprint density at radius 2 is 2.39 bits per heavy atom. The summed E-state index contributed by atoms with van der Waals surface area (Å²) >= 11 is 1.33. The van der Waals surface area contributed by atoms with Crippen molar-refractivity contribution in [2.45, 2.75) is 20.0 Å². The van der Waals surface area contributed by atoms with Gasteiger partial charge >= 0.3 is 5.97 Å². The number of hydrogen-bond acceptors (Lipinski definition) is 6. The molecule has 0 aliphatic carbocycles. The Kier molecular flexibility index (Phi) is 3.68. The number of aliphatic carboxylic acids is 1. The van der Waals surface area contributed by atoms with Crippen molar-refractivity contribution in [1.29, 1.82) is 0 Å². The fourth-order valence-electron chi connectivity index (χ4n) is 1.36. The summed E-state index contributed by atoms with van der Waals surface area (Å²) < 4.78 is 6.13. The lowest BCUT2D eigenvalue weighted by Gasteiger charge is -2.00. The standard InChI is InChI=1S/C10H11N3O4S/c1-2-7-12-13-8(14)3-6(11-10(13)18-7)4-17-5-9(15)16/h3H,2,4-5H2,1H3,(H,15,16). The summed E-state index contributed by atoms with van der Waals surface area (Å²) in [6, 6.07) is 1.30. The van der Waals surface area contributed by atoms with Crippen molar-refractivity contribution in [2.75, 3.05) is 6.61 Å². The van der Waals surface area contributed by atoms with E-state index >= 15 is 0 Å². The number of ether oxygens (including phenoxy) is 1. The number of nitrogens with zero attached hydrogens (tertiary/aromatic N) is 3. The first-order chi connectivity index (χ1) is 8.60. The lowest BCUT2D eigenvalue weighted by atomic mass is 10.4. The van der Waals surface area contributed by atoms with Crippen LogP contribution >= 0.6 is 11.3 Å². The molecule has 18 heavy (non-hydrogen) atoms. The van der Waals surface area contributed by atoms with Crippen molar-refractivity contribution >= 4 is 22.3 Å². The Labute approximate surface area is 106 Å². The maximum absolute atomic E-state index is 11.7. The van der Waals surface area contributed by atoms with Crippen molar-refractivity contribution < 1.29 is 14.6 Å². The predicted octanol–water partition coefficient (Wildman–Crippen LogP) is 0.315. The quantitative estimate of drug-likeness (QED) is 0.839. The van der Waals surface area contributed by atoms with Gasteiger partial charge in [0.1, 0.15) is 11.6 Å². The normalized spacial score (nSPS) is 10.9. The van der Waals surface area contributed by atoms with Crippen LogP contribution in [-0.4, -0.2) is 32.3 Å². The molecule has 2 heterocycles. The van der Waals surface area contributed by atoms with Crippen LogP contribution in [0.25, 0.3) is 4.96 Å². The van der Waals surface area contributed by atoms with E-state index in [9.17, 15) is 9.59 Å². The van der Waals surface area contributed by atoms with Crippen LogP contribution in [0.3, 0.4) is 0 Å². The van der Waals surface area contributed by atoms with Crippen LogP contribution in [0.4, 0.5) is 0 Å². The first-order valence-electron chi connectivity index (χ1n) is 5.28. The van der Waals surface area contributed by atoms with Gasteiger partial charge in [-0.05, 0) is 6.42 Å². The SMILES string of the molecule is CCc1nn2c(=O)cc(COCC(=O)O)nc2s1. The van der Waals surface area contributed by atoms with Crippen molar-refractivity contribution in [3.63, 3.8) is 0 Å². The molecule has 0 saturated carbocycles. The molecule has 1 N–H and O–H groups in total. The van der Waals surface area contributed by atoms with E-state index in [1.807, 2.05) is 6.92 Å². The van der Waals surface area contributed by atoms with Gasteiger partial charge in [0.05, 0.1) is 12.3 Å². The predicted molar refractivity (Wildman–Crippen MR) is 63.8 cm³/mol. The van der Waals surface area contributed by atoms with Gasteiger partial charge in [-0.15, -0.1) is 0 Å². The molecule has 0 bridgehead atoms. The second kappa shape index (κ2) is 5.23. The lowest BCUT2D eigenvalue weighted by molar-refractivity contribution is -0.142. The van der Waals surface area contributed by atoms with E-state index in [1.54, 1.807) is 0 Å². The molecule has 2 aromatic rings. The third-order valence-electron chi connectivity index (χ3n) is 2.12. The molecule has 0 aliphatic heterocycles. The zero-order valence-corrected chi connectivity index (χ0v) is 10.4. The second-order valence-electron chi connectivity index (χ2n) is 3.52. The van der Waals surface area contributed by atoms with Gasteiger partial charge in [-0.3, -0.25) is 4.79 Å². The topological polar surface area (TPSA) is 93.8 Å². The molecule has 0 atom stereocenters. The molecule has 0 radical (unpaired) electrons. The summed E-state index contributed by atoms with van der Waals surface area (Å²) in [7, 11) is 0. The molecule has 0 aromatic carbocycles. The zero-order valence-electron chi connectivity index (χ0n) is 9.62. The number of hydrogen-bond donors (Lipinski definition) is 1. The Bertz CT molecular complexity index is 634. The number of fused-ring (bicyclic) bond motifs is 1. The van der Waals surface area contributed by atoms with E-state index in [-0.39, 0.29) is 12.2 Å². The molecule has 0 saturated heterocycles. The Morgan fingerprint density at radius 1 is 1.61 bits per heavy atom. The number of aryl methyl sites for hydroxylation is 1. The lowest BCUT2D eigenvalue weighted by Crippen LogP contribution is -2.16. The number of rotatable bonds is 5.